The molecule has 3 aliphatic rings. The number of carboxylic acids is 1. The Morgan fingerprint density at radius 3 is 2.54 bits per heavy atom. The van der Waals surface area contributed by atoms with Crippen LogP contribution in [0.5, 0.6) is 0 Å². The van der Waals surface area contributed by atoms with Gasteiger partial charge in [-0.05, 0) is 51.4 Å². The lowest BCUT2D eigenvalue weighted by Gasteiger charge is -2.43. The topological polar surface area (TPSA) is 90.0 Å². The molecule has 1 aliphatic heterocycles. The van der Waals surface area contributed by atoms with E-state index in [1.807, 2.05) is 11.8 Å². The summed E-state index contributed by atoms with van der Waals surface area (Å²) in [5.74, 6) is -0.170. The van der Waals surface area contributed by atoms with E-state index >= 15 is 0 Å². The highest BCUT2D eigenvalue weighted by Crippen LogP contribution is 2.34. The summed E-state index contributed by atoms with van der Waals surface area (Å²) in [5, 5.41) is 9.08. The first-order chi connectivity index (χ1) is 11.3. The van der Waals surface area contributed by atoms with Crippen molar-refractivity contribution in [1.82, 2.24) is 13.9 Å². The Morgan fingerprint density at radius 1 is 1.25 bits per heavy atom. The fourth-order valence-electron chi connectivity index (χ4n) is 3.84. The standard InChI is InChI=1S/C16H29N3O4S/c1-12-4-2-3-7-19(12)24(22,23)17-14-8-15(9-14)18(11-16(20)21)10-13-5-6-13/h12-15,17H,2-11H2,1H3,(H,20,21). The van der Waals surface area contributed by atoms with Crippen LogP contribution in [0.25, 0.3) is 0 Å². The van der Waals surface area contributed by atoms with Gasteiger partial charge in [-0.25, -0.2) is 0 Å². The summed E-state index contributed by atoms with van der Waals surface area (Å²) < 4.78 is 29.5. The first-order valence-electron chi connectivity index (χ1n) is 9.10. The molecule has 2 saturated carbocycles. The zero-order valence-electron chi connectivity index (χ0n) is 14.4. The highest BCUT2D eigenvalue weighted by atomic mass is 32.2. The number of hydrogen-bond acceptors (Lipinski definition) is 4. The van der Waals surface area contributed by atoms with Gasteiger partial charge in [0.15, 0.2) is 0 Å². The molecular weight excluding hydrogens is 330 g/mol. The molecule has 24 heavy (non-hydrogen) atoms. The molecule has 0 amide bonds. The second-order valence-corrected chi connectivity index (χ2v) is 9.32. The van der Waals surface area contributed by atoms with E-state index in [2.05, 4.69) is 4.72 Å². The average molecular weight is 359 g/mol. The minimum atomic E-state index is -3.43. The van der Waals surface area contributed by atoms with E-state index in [-0.39, 0.29) is 24.7 Å². The Bertz CT molecular complexity index is 558. The van der Waals surface area contributed by atoms with Gasteiger partial charge in [0.1, 0.15) is 0 Å². The third-order valence-corrected chi connectivity index (χ3v) is 7.32. The summed E-state index contributed by atoms with van der Waals surface area (Å²) in [4.78, 5) is 13.1. The van der Waals surface area contributed by atoms with Gasteiger partial charge in [-0.15, -0.1) is 0 Å². The maximum absolute atomic E-state index is 12.5. The van der Waals surface area contributed by atoms with Crippen molar-refractivity contribution >= 4 is 16.2 Å². The molecule has 7 nitrogen and oxygen atoms in total. The van der Waals surface area contributed by atoms with Crippen LogP contribution in [0.1, 0.15) is 51.9 Å². The lowest BCUT2D eigenvalue weighted by molar-refractivity contribution is -0.139. The average Bonchev–Trinajstić information content (AvgIpc) is 3.25. The minimum Gasteiger partial charge on any atom is -0.480 e. The zero-order valence-corrected chi connectivity index (χ0v) is 15.2. The number of hydrogen-bond donors (Lipinski definition) is 2. The van der Waals surface area contributed by atoms with Crippen molar-refractivity contribution in [1.29, 1.82) is 0 Å². The Morgan fingerprint density at radius 2 is 1.96 bits per heavy atom. The van der Waals surface area contributed by atoms with Gasteiger partial charge in [-0.1, -0.05) is 6.42 Å². The molecule has 8 heteroatoms. The monoisotopic (exact) mass is 359 g/mol. The maximum Gasteiger partial charge on any atom is 0.317 e. The van der Waals surface area contributed by atoms with Gasteiger partial charge in [-0.3, -0.25) is 9.69 Å². The maximum atomic E-state index is 12.5. The van der Waals surface area contributed by atoms with E-state index in [1.54, 1.807) is 4.31 Å². The largest absolute Gasteiger partial charge is 0.480 e. The van der Waals surface area contributed by atoms with E-state index in [0.717, 1.165) is 25.8 Å². The molecule has 138 valence electrons. The first kappa shape index (κ1) is 18.1. The van der Waals surface area contributed by atoms with E-state index in [4.69, 9.17) is 5.11 Å². The Labute approximate surface area is 144 Å². The summed E-state index contributed by atoms with van der Waals surface area (Å²) >= 11 is 0. The van der Waals surface area contributed by atoms with Crippen molar-refractivity contribution in [3.05, 3.63) is 0 Å². The van der Waals surface area contributed by atoms with Crippen molar-refractivity contribution in [3.63, 3.8) is 0 Å². The summed E-state index contributed by atoms with van der Waals surface area (Å²) in [5.41, 5.74) is 0. The van der Waals surface area contributed by atoms with Gasteiger partial charge in [0.25, 0.3) is 10.2 Å². The summed E-state index contributed by atoms with van der Waals surface area (Å²) in [6, 6.07) is 0.184. The van der Waals surface area contributed by atoms with Crippen LogP contribution in [0.2, 0.25) is 0 Å². The number of rotatable bonds is 8. The molecule has 2 N–H and O–H groups in total. The van der Waals surface area contributed by atoms with Gasteiger partial charge >= 0.3 is 5.97 Å². The van der Waals surface area contributed by atoms with Gasteiger partial charge in [0.05, 0.1) is 6.54 Å². The van der Waals surface area contributed by atoms with Crippen LogP contribution in [0.3, 0.4) is 0 Å². The van der Waals surface area contributed by atoms with Crippen molar-refractivity contribution in [2.24, 2.45) is 5.92 Å². The summed E-state index contributed by atoms with van der Waals surface area (Å²) in [6.07, 6.45) is 6.72. The predicted molar refractivity (Wildman–Crippen MR) is 90.8 cm³/mol. The van der Waals surface area contributed by atoms with Crippen LogP contribution in [0.4, 0.5) is 0 Å². The molecule has 2 aliphatic carbocycles. The second-order valence-electron chi connectivity index (χ2n) is 7.67. The highest BCUT2D eigenvalue weighted by molar-refractivity contribution is 7.87. The number of piperidine rings is 1. The van der Waals surface area contributed by atoms with Crippen LogP contribution in [0.15, 0.2) is 0 Å². The molecule has 3 rings (SSSR count). The Kier molecular flexibility index (Phi) is 5.48. The fourth-order valence-corrected chi connectivity index (χ4v) is 5.54. The molecule has 1 unspecified atom stereocenters. The van der Waals surface area contributed by atoms with Crippen molar-refractivity contribution < 1.29 is 18.3 Å². The number of aliphatic carboxylic acids is 1. The zero-order chi connectivity index (χ0) is 17.3. The number of carboxylic acid groups (broad SMARTS) is 1. The molecule has 0 aromatic heterocycles. The van der Waals surface area contributed by atoms with Crippen molar-refractivity contribution in [3.8, 4) is 0 Å². The molecule has 1 heterocycles. The molecule has 0 aromatic rings. The lowest BCUT2D eigenvalue weighted by Crippen LogP contribution is -2.58. The predicted octanol–water partition coefficient (Wildman–Crippen LogP) is 1.02. The molecular formula is C16H29N3O4S. The molecule has 0 spiro atoms. The normalized spacial score (nSPS) is 31.8. The Balaban J connectivity index is 1.50. The molecule has 0 radical (unpaired) electrons. The number of nitrogens with one attached hydrogen (secondary N) is 1. The summed E-state index contributed by atoms with van der Waals surface area (Å²) in [6.45, 7) is 3.45. The fraction of sp³-hybridized carbons (Fsp3) is 0.938. The smallest absolute Gasteiger partial charge is 0.317 e. The highest BCUT2D eigenvalue weighted by Gasteiger charge is 2.40. The van der Waals surface area contributed by atoms with Crippen LogP contribution in [0, 0.1) is 5.92 Å². The van der Waals surface area contributed by atoms with Gasteiger partial charge in [-0.2, -0.15) is 17.4 Å². The number of carbonyl (C=O) groups is 1. The van der Waals surface area contributed by atoms with Crippen LogP contribution in [-0.2, 0) is 15.0 Å². The number of nitrogens with zero attached hydrogens (tertiary/aromatic N) is 2. The van der Waals surface area contributed by atoms with Crippen molar-refractivity contribution in [2.75, 3.05) is 19.6 Å². The summed E-state index contributed by atoms with van der Waals surface area (Å²) in [7, 11) is -3.43. The quantitative estimate of drug-likeness (QED) is 0.675. The molecule has 3 fully saturated rings. The van der Waals surface area contributed by atoms with Gasteiger partial charge in [0.2, 0.25) is 0 Å². The van der Waals surface area contributed by atoms with Crippen molar-refractivity contribution in [2.45, 2.75) is 70.0 Å². The van der Waals surface area contributed by atoms with Gasteiger partial charge < -0.3 is 5.11 Å². The second kappa shape index (κ2) is 7.27. The van der Waals surface area contributed by atoms with E-state index < -0.39 is 16.2 Å². The van der Waals surface area contributed by atoms with Crippen LogP contribution < -0.4 is 4.72 Å². The lowest BCUT2D eigenvalue weighted by atomic mass is 9.86. The molecule has 1 saturated heterocycles. The first-order valence-corrected chi connectivity index (χ1v) is 10.5. The minimum absolute atomic E-state index is 0.0593. The van der Waals surface area contributed by atoms with Crippen LogP contribution >= 0.6 is 0 Å². The molecule has 0 aromatic carbocycles. The Hall–Kier alpha value is -0.700. The SMILES string of the molecule is CC1CCCCN1S(=O)(=O)NC1CC(N(CC(=O)O)CC2CC2)C1. The van der Waals surface area contributed by atoms with E-state index in [0.29, 0.717) is 25.3 Å². The van der Waals surface area contributed by atoms with E-state index in [1.165, 1.54) is 12.8 Å². The van der Waals surface area contributed by atoms with Crippen LogP contribution in [-0.4, -0.2) is 66.5 Å². The molecule has 1 atom stereocenters. The third-order valence-electron chi connectivity index (χ3n) is 5.52. The molecule has 0 bridgehead atoms. The third kappa shape index (κ3) is 4.47. The van der Waals surface area contributed by atoms with E-state index in [9.17, 15) is 13.2 Å². The van der Waals surface area contributed by atoms with Gasteiger partial charge in [0, 0.05) is 31.2 Å².